The SMILES string of the molecule is CC(C)[C@H](NC(=O)[C@H](Cc1ccc(OP(=O)(O)O)cc1)NC(=O)[C@H](CO)NC(=O)[C@@H]1CCCN1)C(=O)N[C@@H](CC(N)=O)C(=O)N[C@H](C=O)C(C)C. The van der Waals surface area contributed by atoms with E-state index < -0.39 is 98.5 Å². The van der Waals surface area contributed by atoms with Gasteiger partial charge in [0, 0.05) is 6.42 Å². The molecule has 20 heteroatoms. The number of hydrogen-bond donors (Lipinski definition) is 10. The molecule has 51 heavy (non-hydrogen) atoms. The van der Waals surface area contributed by atoms with E-state index in [1.54, 1.807) is 27.7 Å². The Morgan fingerprint density at radius 3 is 1.96 bits per heavy atom. The van der Waals surface area contributed by atoms with Crippen LogP contribution >= 0.6 is 7.82 Å². The monoisotopic (exact) mass is 741 g/mol. The first kappa shape index (κ1) is 42.7. The lowest BCUT2D eigenvalue weighted by Crippen LogP contribution is -2.61. The van der Waals surface area contributed by atoms with Crippen molar-refractivity contribution in [3.63, 3.8) is 0 Å². The van der Waals surface area contributed by atoms with Crippen molar-refractivity contribution in [2.45, 2.75) is 89.6 Å². The molecule has 0 aliphatic carbocycles. The van der Waals surface area contributed by atoms with Gasteiger partial charge in [0.1, 0.15) is 36.2 Å². The Morgan fingerprint density at radius 1 is 0.882 bits per heavy atom. The Hall–Kier alpha value is -4.42. The van der Waals surface area contributed by atoms with Crippen LogP contribution in [0.4, 0.5) is 0 Å². The Kier molecular flexibility index (Phi) is 16.6. The summed E-state index contributed by atoms with van der Waals surface area (Å²) in [5.74, 6) is -6.13. The van der Waals surface area contributed by atoms with Crippen LogP contribution in [-0.4, -0.2) is 106 Å². The third-order valence-corrected chi connectivity index (χ3v) is 8.32. The molecule has 1 heterocycles. The first-order chi connectivity index (χ1) is 23.8. The fraction of sp³-hybridized carbons (Fsp3) is 0.581. The summed E-state index contributed by atoms with van der Waals surface area (Å²) in [5.41, 5.74) is 5.67. The smallest absolute Gasteiger partial charge is 0.404 e. The molecule has 0 saturated carbocycles. The van der Waals surface area contributed by atoms with Crippen molar-refractivity contribution in [1.82, 2.24) is 31.9 Å². The van der Waals surface area contributed by atoms with E-state index in [1.165, 1.54) is 24.3 Å². The van der Waals surface area contributed by atoms with Gasteiger partial charge >= 0.3 is 7.82 Å². The number of aliphatic hydroxyl groups is 1. The number of hydrogen-bond acceptors (Lipinski definition) is 11. The van der Waals surface area contributed by atoms with E-state index in [0.29, 0.717) is 24.8 Å². The zero-order valence-corrected chi connectivity index (χ0v) is 29.7. The Morgan fingerprint density at radius 2 is 1.47 bits per heavy atom. The fourth-order valence-electron chi connectivity index (χ4n) is 5.00. The number of amides is 6. The number of carbonyl (C=O) groups is 7. The molecule has 1 aromatic carbocycles. The predicted molar refractivity (Wildman–Crippen MR) is 180 cm³/mol. The number of nitrogens with one attached hydrogen (secondary N) is 6. The first-order valence-corrected chi connectivity index (χ1v) is 17.8. The van der Waals surface area contributed by atoms with Gasteiger partial charge in [-0.1, -0.05) is 39.8 Å². The minimum absolute atomic E-state index is 0.181. The Bertz CT molecular complexity index is 1450. The largest absolute Gasteiger partial charge is 0.524 e. The van der Waals surface area contributed by atoms with Gasteiger partial charge in [-0.05, 0) is 48.9 Å². The summed E-state index contributed by atoms with van der Waals surface area (Å²) < 4.78 is 15.8. The third kappa shape index (κ3) is 14.4. The van der Waals surface area contributed by atoms with Crippen molar-refractivity contribution < 1.29 is 57.5 Å². The lowest BCUT2D eigenvalue weighted by Gasteiger charge is -2.28. The van der Waals surface area contributed by atoms with Crippen LogP contribution in [0.3, 0.4) is 0 Å². The highest BCUT2D eigenvalue weighted by Crippen LogP contribution is 2.37. The van der Waals surface area contributed by atoms with E-state index in [0.717, 1.165) is 6.42 Å². The molecule has 1 aliphatic rings. The molecule has 0 radical (unpaired) electrons. The first-order valence-electron chi connectivity index (χ1n) is 16.3. The number of nitrogens with two attached hydrogens (primary N) is 1. The highest BCUT2D eigenvalue weighted by molar-refractivity contribution is 7.46. The molecule has 1 saturated heterocycles. The average Bonchev–Trinajstić information content (AvgIpc) is 3.59. The van der Waals surface area contributed by atoms with Gasteiger partial charge in [0.05, 0.1) is 25.1 Å². The average molecular weight is 742 g/mol. The van der Waals surface area contributed by atoms with Crippen LogP contribution in [0, 0.1) is 11.8 Å². The molecule has 0 unspecified atom stereocenters. The quantitative estimate of drug-likeness (QED) is 0.0480. The van der Waals surface area contributed by atoms with Crippen molar-refractivity contribution >= 4 is 49.6 Å². The van der Waals surface area contributed by atoms with Crippen molar-refractivity contribution in [3.05, 3.63) is 29.8 Å². The molecule has 6 amide bonds. The van der Waals surface area contributed by atoms with Gasteiger partial charge in [0.2, 0.25) is 35.4 Å². The molecular weight excluding hydrogens is 693 g/mol. The number of carbonyl (C=O) groups excluding carboxylic acids is 7. The highest BCUT2D eigenvalue weighted by Gasteiger charge is 2.34. The maximum Gasteiger partial charge on any atom is 0.524 e. The van der Waals surface area contributed by atoms with Crippen LogP contribution in [0.5, 0.6) is 5.75 Å². The summed E-state index contributed by atoms with van der Waals surface area (Å²) >= 11 is 0. The van der Waals surface area contributed by atoms with Gasteiger partial charge in [-0.15, -0.1) is 0 Å². The summed E-state index contributed by atoms with van der Waals surface area (Å²) in [4.78, 5) is 107. The van der Waals surface area contributed by atoms with Gasteiger partial charge in [-0.25, -0.2) is 4.57 Å². The molecule has 11 N–H and O–H groups in total. The van der Waals surface area contributed by atoms with Gasteiger partial charge in [-0.3, -0.25) is 38.6 Å². The minimum atomic E-state index is -4.86. The van der Waals surface area contributed by atoms with Crippen LogP contribution in [0.25, 0.3) is 0 Å². The minimum Gasteiger partial charge on any atom is -0.404 e. The van der Waals surface area contributed by atoms with E-state index in [-0.39, 0.29) is 18.1 Å². The molecule has 0 spiro atoms. The number of benzene rings is 1. The van der Waals surface area contributed by atoms with Crippen molar-refractivity contribution in [1.29, 1.82) is 0 Å². The van der Waals surface area contributed by atoms with Gasteiger partial charge in [-0.2, -0.15) is 0 Å². The molecular formula is C31H48N7O12P. The molecule has 284 valence electrons. The summed E-state index contributed by atoms with van der Waals surface area (Å²) in [5, 5.41) is 25.2. The molecule has 2 rings (SSSR count). The standard InChI is InChI=1S/C31H48N7O12P/c1-16(2)23(14-39)36-28(43)22(13-25(32)41)35-31(46)26(17(3)4)38-29(44)21(12-18-7-9-19(10-8-18)50-51(47,48)49)34-30(45)24(15-40)37-27(42)20-6-5-11-33-20/h7-10,14,16-17,20-24,26,33,40H,5-6,11-13,15H2,1-4H3,(H2,32,41)(H,34,45)(H,35,46)(H,36,43)(H,37,42)(H,38,44)(H2,47,48,49)/t20-,21-,22-,23+,24-,26-/m0/s1. The Balaban J connectivity index is 2.33. The molecule has 6 atom stereocenters. The lowest BCUT2D eigenvalue weighted by molar-refractivity contribution is -0.136. The van der Waals surface area contributed by atoms with E-state index in [1.807, 2.05) is 0 Å². The van der Waals surface area contributed by atoms with Crippen molar-refractivity contribution in [3.8, 4) is 5.75 Å². The van der Waals surface area contributed by atoms with E-state index in [2.05, 4.69) is 36.4 Å². The molecule has 0 bridgehead atoms. The van der Waals surface area contributed by atoms with Crippen molar-refractivity contribution in [2.24, 2.45) is 17.6 Å². The number of phosphoric ester groups is 1. The van der Waals surface area contributed by atoms with E-state index in [9.17, 15) is 43.2 Å². The molecule has 19 nitrogen and oxygen atoms in total. The normalized spacial score (nSPS) is 17.3. The zero-order valence-electron chi connectivity index (χ0n) is 28.8. The summed E-state index contributed by atoms with van der Waals surface area (Å²) in [7, 11) is -4.86. The van der Waals surface area contributed by atoms with Crippen LogP contribution < -0.4 is 42.2 Å². The summed E-state index contributed by atoms with van der Waals surface area (Å²) in [6.45, 7) is 6.30. The van der Waals surface area contributed by atoms with Gasteiger partial charge < -0.3 is 52.1 Å². The van der Waals surface area contributed by atoms with Crippen LogP contribution in [0.15, 0.2) is 24.3 Å². The number of rotatable bonds is 20. The zero-order chi connectivity index (χ0) is 38.5. The van der Waals surface area contributed by atoms with Gasteiger partial charge in [0.15, 0.2) is 0 Å². The molecule has 0 aromatic heterocycles. The van der Waals surface area contributed by atoms with Gasteiger partial charge in [0.25, 0.3) is 0 Å². The highest BCUT2D eigenvalue weighted by atomic mass is 31.2. The Labute approximate surface area is 294 Å². The molecule has 1 aromatic rings. The van der Waals surface area contributed by atoms with E-state index in [4.69, 9.17) is 15.5 Å². The number of phosphoric acid groups is 1. The predicted octanol–water partition coefficient (Wildman–Crippen LogP) is -2.74. The summed E-state index contributed by atoms with van der Waals surface area (Å²) in [6, 6.07) is -2.04. The fourth-order valence-corrected chi connectivity index (χ4v) is 5.40. The second kappa shape index (κ2) is 19.8. The third-order valence-electron chi connectivity index (χ3n) is 7.87. The number of aliphatic hydroxyl groups excluding tert-OH is 1. The number of aldehydes is 1. The van der Waals surface area contributed by atoms with Crippen LogP contribution in [-0.2, 0) is 44.5 Å². The summed E-state index contributed by atoms with van der Waals surface area (Å²) in [6.07, 6.45) is 0.906. The molecule has 1 fully saturated rings. The maximum absolute atomic E-state index is 13.8. The second-order valence-corrected chi connectivity index (χ2v) is 13.9. The lowest BCUT2D eigenvalue weighted by atomic mass is 9.99. The van der Waals surface area contributed by atoms with Crippen LogP contribution in [0.2, 0.25) is 0 Å². The van der Waals surface area contributed by atoms with Crippen molar-refractivity contribution in [2.75, 3.05) is 13.2 Å². The maximum atomic E-state index is 13.8. The van der Waals surface area contributed by atoms with Crippen LogP contribution in [0.1, 0.15) is 52.5 Å². The number of primary amides is 1. The second-order valence-electron chi connectivity index (χ2n) is 12.8. The molecule has 1 aliphatic heterocycles. The topological polar surface area (TPSA) is 305 Å². The van der Waals surface area contributed by atoms with E-state index >= 15 is 0 Å².